The second-order valence-electron chi connectivity index (χ2n) is 5.64. The summed E-state index contributed by atoms with van der Waals surface area (Å²) < 4.78 is 1.43. The van der Waals surface area contributed by atoms with Gasteiger partial charge in [0.25, 0.3) is 0 Å². The molecule has 0 spiro atoms. The standard InChI is InChI=1S/C13H14N6O2/c20-12(21)11-7-19(17-16-11)4-8-2-14-13(15-3-8)18-5-9-1-10(9)6-18/h2-3,7,9-10H,1,4-6H2,(H,20,21)/p-1. The summed E-state index contributed by atoms with van der Waals surface area (Å²) >= 11 is 0. The van der Waals surface area contributed by atoms with Crippen LogP contribution in [0.2, 0.25) is 0 Å². The van der Waals surface area contributed by atoms with Crippen LogP contribution in [-0.2, 0) is 6.54 Å². The van der Waals surface area contributed by atoms with Crippen molar-refractivity contribution in [2.45, 2.75) is 13.0 Å². The van der Waals surface area contributed by atoms with Crippen molar-refractivity contribution < 1.29 is 9.90 Å². The van der Waals surface area contributed by atoms with Gasteiger partial charge in [-0.2, -0.15) is 0 Å². The minimum Gasteiger partial charge on any atom is -0.543 e. The third-order valence-corrected chi connectivity index (χ3v) is 4.05. The largest absolute Gasteiger partial charge is 0.543 e. The number of hydrogen-bond acceptors (Lipinski definition) is 7. The summed E-state index contributed by atoms with van der Waals surface area (Å²) in [5.41, 5.74) is 0.668. The molecule has 8 heteroatoms. The van der Waals surface area contributed by atoms with Gasteiger partial charge in [-0.3, -0.25) is 0 Å². The van der Waals surface area contributed by atoms with E-state index >= 15 is 0 Å². The first-order chi connectivity index (χ1) is 10.2. The summed E-state index contributed by atoms with van der Waals surface area (Å²) in [5, 5.41) is 17.9. The lowest BCUT2D eigenvalue weighted by atomic mass is 10.3. The first-order valence-corrected chi connectivity index (χ1v) is 6.86. The molecule has 2 atom stereocenters. The molecule has 2 aromatic heterocycles. The van der Waals surface area contributed by atoms with Gasteiger partial charge in [0.1, 0.15) is 5.69 Å². The van der Waals surface area contributed by atoms with Crippen molar-refractivity contribution in [3.05, 3.63) is 29.8 Å². The fourth-order valence-corrected chi connectivity index (χ4v) is 2.81. The number of fused-ring (bicyclic) bond motifs is 1. The smallest absolute Gasteiger partial charge is 0.225 e. The lowest BCUT2D eigenvalue weighted by Crippen LogP contribution is -2.24. The summed E-state index contributed by atoms with van der Waals surface area (Å²) in [6.45, 7) is 2.50. The molecule has 1 aliphatic carbocycles. The van der Waals surface area contributed by atoms with E-state index < -0.39 is 5.97 Å². The zero-order valence-corrected chi connectivity index (χ0v) is 11.2. The zero-order chi connectivity index (χ0) is 14.4. The van der Waals surface area contributed by atoms with E-state index in [0.29, 0.717) is 6.54 Å². The number of carbonyl (C=O) groups is 1. The topological polar surface area (TPSA) is 99.9 Å². The summed E-state index contributed by atoms with van der Waals surface area (Å²) in [5.74, 6) is 1.11. The number of carbonyl (C=O) groups excluding carboxylic acids is 1. The van der Waals surface area contributed by atoms with Gasteiger partial charge in [-0.1, -0.05) is 5.21 Å². The maximum Gasteiger partial charge on any atom is 0.225 e. The molecule has 0 aromatic carbocycles. The van der Waals surface area contributed by atoms with Crippen LogP contribution >= 0.6 is 0 Å². The molecular formula is C13H13N6O2-. The quantitative estimate of drug-likeness (QED) is 0.705. The zero-order valence-electron chi connectivity index (χ0n) is 11.2. The van der Waals surface area contributed by atoms with Crippen LogP contribution in [0, 0.1) is 11.8 Å². The average molecular weight is 285 g/mol. The first kappa shape index (κ1) is 12.2. The maximum absolute atomic E-state index is 10.6. The molecule has 2 fully saturated rings. The molecule has 2 aromatic rings. The Morgan fingerprint density at radius 1 is 1.29 bits per heavy atom. The first-order valence-electron chi connectivity index (χ1n) is 6.86. The second-order valence-corrected chi connectivity index (χ2v) is 5.64. The van der Waals surface area contributed by atoms with Crippen LogP contribution in [0.3, 0.4) is 0 Å². The number of piperidine rings is 1. The second kappa shape index (κ2) is 4.51. The van der Waals surface area contributed by atoms with Crippen molar-refractivity contribution in [3.63, 3.8) is 0 Å². The number of anilines is 1. The third-order valence-electron chi connectivity index (χ3n) is 4.05. The van der Waals surface area contributed by atoms with Crippen LogP contribution in [0.15, 0.2) is 18.6 Å². The Morgan fingerprint density at radius 3 is 2.62 bits per heavy atom. The molecule has 4 rings (SSSR count). The maximum atomic E-state index is 10.6. The monoisotopic (exact) mass is 285 g/mol. The highest BCUT2D eigenvalue weighted by atomic mass is 16.4. The van der Waals surface area contributed by atoms with Crippen LogP contribution in [0.5, 0.6) is 0 Å². The van der Waals surface area contributed by atoms with Gasteiger partial charge < -0.3 is 14.8 Å². The number of aromatic nitrogens is 5. The van der Waals surface area contributed by atoms with Crippen LogP contribution in [-0.4, -0.2) is 44.0 Å². The summed E-state index contributed by atoms with van der Waals surface area (Å²) in [6, 6.07) is 0. The van der Waals surface area contributed by atoms with Crippen molar-refractivity contribution in [1.82, 2.24) is 25.0 Å². The SMILES string of the molecule is O=C([O-])c1cn(Cc2cnc(N3CC4CC4C3)nc2)nn1. The summed E-state index contributed by atoms with van der Waals surface area (Å²) in [4.78, 5) is 21.6. The van der Waals surface area contributed by atoms with E-state index in [-0.39, 0.29) is 5.69 Å². The average Bonchev–Trinajstić information content (AvgIpc) is 2.90. The molecule has 0 amide bonds. The van der Waals surface area contributed by atoms with Crippen molar-refractivity contribution in [2.24, 2.45) is 11.8 Å². The highest BCUT2D eigenvalue weighted by molar-refractivity contribution is 5.82. The number of carboxylic acid groups (broad SMARTS) is 1. The molecule has 2 aliphatic rings. The molecular weight excluding hydrogens is 272 g/mol. The van der Waals surface area contributed by atoms with Gasteiger partial charge in [-0.15, -0.1) is 5.10 Å². The van der Waals surface area contributed by atoms with Gasteiger partial charge in [-0.25, -0.2) is 14.6 Å². The van der Waals surface area contributed by atoms with Crippen molar-refractivity contribution in [2.75, 3.05) is 18.0 Å². The Kier molecular flexibility index (Phi) is 2.63. The summed E-state index contributed by atoms with van der Waals surface area (Å²) in [6.07, 6.45) is 6.16. The van der Waals surface area contributed by atoms with Crippen molar-refractivity contribution in [3.8, 4) is 0 Å². The Balaban J connectivity index is 1.44. The number of carboxylic acids is 1. The van der Waals surface area contributed by atoms with Crippen LogP contribution in [0.1, 0.15) is 22.5 Å². The molecule has 2 unspecified atom stereocenters. The highest BCUT2D eigenvalue weighted by Gasteiger charge is 2.45. The van der Waals surface area contributed by atoms with Gasteiger partial charge in [0.05, 0.1) is 18.7 Å². The fourth-order valence-electron chi connectivity index (χ4n) is 2.81. The van der Waals surface area contributed by atoms with E-state index in [1.165, 1.54) is 17.3 Å². The van der Waals surface area contributed by atoms with E-state index in [9.17, 15) is 9.90 Å². The van der Waals surface area contributed by atoms with E-state index in [0.717, 1.165) is 36.4 Å². The molecule has 1 saturated carbocycles. The Labute approximate surface area is 120 Å². The Bertz CT molecular complexity index is 672. The van der Waals surface area contributed by atoms with E-state index in [1.807, 2.05) is 0 Å². The molecule has 1 saturated heterocycles. The number of rotatable bonds is 4. The van der Waals surface area contributed by atoms with Crippen LogP contribution in [0.25, 0.3) is 0 Å². The lowest BCUT2D eigenvalue weighted by Gasteiger charge is -2.17. The van der Waals surface area contributed by atoms with E-state index in [4.69, 9.17) is 0 Å². The fraction of sp³-hybridized carbons (Fsp3) is 0.462. The number of hydrogen-bond donors (Lipinski definition) is 0. The van der Waals surface area contributed by atoms with Gasteiger partial charge in [0, 0.05) is 31.0 Å². The Hall–Kier alpha value is -2.51. The molecule has 1 aliphatic heterocycles. The normalized spacial score (nSPS) is 23.1. The molecule has 3 heterocycles. The predicted octanol–water partition coefficient (Wildman–Crippen LogP) is -1.06. The molecule has 108 valence electrons. The van der Waals surface area contributed by atoms with Crippen molar-refractivity contribution in [1.29, 1.82) is 0 Å². The van der Waals surface area contributed by atoms with Gasteiger partial charge in [-0.05, 0) is 18.3 Å². The molecule has 21 heavy (non-hydrogen) atoms. The number of nitrogens with zero attached hydrogens (tertiary/aromatic N) is 6. The molecule has 0 radical (unpaired) electrons. The lowest BCUT2D eigenvalue weighted by molar-refractivity contribution is -0.255. The van der Waals surface area contributed by atoms with E-state index in [2.05, 4.69) is 25.2 Å². The Morgan fingerprint density at radius 2 is 2.00 bits per heavy atom. The molecule has 0 N–H and O–H groups in total. The van der Waals surface area contributed by atoms with Crippen molar-refractivity contribution >= 4 is 11.9 Å². The number of aromatic carboxylic acids is 1. The minimum absolute atomic E-state index is 0.177. The minimum atomic E-state index is -1.33. The van der Waals surface area contributed by atoms with Crippen LogP contribution in [0.4, 0.5) is 5.95 Å². The highest BCUT2D eigenvalue weighted by Crippen LogP contribution is 2.45. The van der Waals surface area contributed by atoms with Gasteiger partial charge in [0.15, 0.2) is 0 Å². The third kappa shape index (κ3) is 2.32. The molecule has 8 nitrogen and oxygen atoms in total. The summed E-state index contributed by atoms with van der Waals surface area (Å²) in [7, 11) is 0. The predicted molar refractivity (Wildman–Crippen MR) is 69.3 cm³/mol. The molecule has 0 bridgehead atoms. The van der Waals surface area contributed by atoms with Gasteiger partial charge in [0.2, 0.25) is 5.95 Å². The van der Waals surface area contributed by atoms with E-state index in [1.54, 1.807) is 12.4 Å². The van der Waals surface area contributed by atoms with Gasteiger partial charge >= 0.3 is 0 Å². The van der Waals surface area contributed by atoms with Crippen LogP contribution < -0.4 is 10.0 Å².